The molecule has 6 aromatic rings. The van der Waals surface area contributed by atoms with Crippen LogP contribution < -0.4 is 26.6 Å². The maximum absolute atomic E-state index is 13.6. The third-order valence-electron chi connectivity index (χ3n) is 10.6. The number of sulfone groups is 2. The summed E-state index contributed by atoms with van der Waals surface area (Å²) in [7, 11) is -3.43. The lowest BCUT2D eigenvalue weighted by Gasteiger charge is -2.32. The van der Waals surface area contributed by atoms with Gasteiger partial charge in [-0.05, 0) is 91.0 Å². The average molecular weight is 1090 g/mol. The fraction of sp³-hybridized carbons (Fsp3) is 0.320. The molecule has 0 unspecified atom stereocenters. The average Bonchev–Trinajstić information content (AvgIpc) is 3.38. The van der Waals surface area contributed by atoms with Crippen molar-refractivity contribution in [1.82, 2.24) is 35.1 Å². The molecule has 2 aromatic heterocycles. The number of nitrogens with one attached hydrogen (secondary N) is 5. The van der Waals surface area contributed by atoms with Gasteiger partial charge in [-0.25, -0.2) is 26.8 Å². The summed E-state index contributed by atoms with van der Waals surface area (Å²) in [4.78, 5) is 43.9. The largest absolute Gasteiger partial charge is 0.421 e. The number of hydrogen-bond donors (Lipinski definition) is 5. The number of anilines is 6. The smallest absolute Gasteiger partial charge is 0.365 e. The van der Waals surface area contributed by atoms with Crippen molar-refractivity contribution in [3.63, 3.8) is 0 Å². The summed E-state index contributed by atoms with van der Waals surface area (Å²) in [6, 6.07) is 24.6. The van der Waals surface area contributed by atoms with Crippen molar-refractivity contribution in [2.45, 2.75) is 62.9 Å². The molecule has 5 N–H and O–H groups in total. The molecule has 25 heteroatoms. The van der Waals surface area contributed by atoms with Gasteiger partial charge in [0, 0.05) is 93.7 Å². The second-order valence-corrected chi connectivity index (χ2v) is 20.1. The van der Waals surface area contributed by atoms with E-state index in [0.717, 1.165) is 25.6 Å². The number of benzene rings is 4. The molecule has 2 amide bonds. The molecule has 1 saturated heterocycles. The monoisotopic (exact) mass is 1090 g/mol. The number of rotatable bonds is 14. The van der Waals surface area contributed by atoms with Crippen LogP contribution in [0.4, 0.5) is 61.2 Å². The van der Waals surface area contributed by atoms with Crippen LogP contribution in [-0.4, -0.2) is 111 Å². The fourth-order valence-electron chi connectivity index (χ4n) is 6.71. The number of piperazine rings is 1. The number of likely N-dealkylation sites (N-methyl/N-ethyl adjacent to an activating group) is 1. The highest BCUT2D eigenvalue weighted by molar-refractivity contribution is 7.91. The maximum atomic E-state index is 13.6. The topological polar surface area (TPSA) is 221 Å². The van der Waals surface area contributed by atoms with Gasteiger partial charge in [-0.3, -0.25) is 9.59 Å². The van der Waals surface area contributed by atoms with Crippen molar-refractivity contribution in [2.75, 3.05) is 74.1 Å². The Balaban J connectivity index is 0.000000307. The number of halogens is 6. The predicted octanol–water partition coefficient (Wildman–Crippen LogP) is 9.31. The molecule has 1 aliphatic rings. The lowest BCUT2D eigenvalue weighted by Crippen LogP contribution is -2.47. The molecule has 0 spiro atoms. The van der Waals surface area contributed by atoms with Gasteiger partial charge in [-0.2, -0.15) is 36.3 Å². The zero-order valence-electron chi connectivity index (χ0n) is 42.4. The molecule has 0 atom stereocenters. The first-order valence-corrected chi connectivity index (χ1v) is 27.0. The van der Waals surface area contributed by atoms with E-state index in [9.17, 15) is 52.8 Å². The van der Waals surface area contributed by atoms with Gasteiger partial charge in [0.15, 0.2) is 19.7 Å². The van der Waals surface area contributed by atoms with Crippen LogP contribution >= 0.6 is 0 Å². The lowest BCUT2D eigenvalue weighted by atomic mass is 10.1. The fourth-order valence-corrected chi connectivity index (χ4v) is 8.09. The van der Waals surface area contributed by atoms with Crippen molar-refractivity contribution in [2.24, 2.45) is 0 Å². The molecule has 7 rings (SSSR count). The molecular formula is C50H59F6N11O6S2. The molecule has 3 heterocycles. The standard InChI is InChI=1S/C25H27F3N6O3S.C21H20F3N5O3S.2C2H6/c1-33-10-12-34(13-11-33)23(35)18-6-8-19(9-7-18)31-24-30-16-21(25(26,27)28)22(32-24)29-15-17-4-3-5-20(14-17)38(2,36)37;1-25-19(30)14-6-8-15(9-7-14)28-20-27-12-17(21(22,23)24)18(29-20)26-11-13-4-3-5-16(10-13)33(2,31)32;2*1-2/h3-9,14,16H,10-13,15H2,1-2H3,(H2,29,30,31,32);3-10,12H,11H2,1-2H3,(H,25,30)(H2,26,27,28,29);2*1-2H3. The van der Waals surface area contributed by atoms with Crippen LogP contribution in [0.25, 0.3) is 0 Å². The molecule has 0 aliphatic carbocycles. The number of amides is 2. The zero-order valence-corrected chi connectivity index (χ0v) is 44.0. The van der Waals surface area contributed by atoms with Crippen LogP contribution in [0.5, 0.6) is 0 Å². The summed E-state index contributed by atoms with van der Waals surface area (Å²) in [5.74, 6) is -1.46. The molecular weight excluding hydrogens is 1030 g/mol. The van der Waals surface area contributed by atoms with Gasteiger partial charge in [0.25, 0.3) is 11.8 Å². The van der Waals surface area contributed by atoms with Crippen molar-refractivity contribution in [3.05, 3.63) is 143 Å². The second kappa shape index (κ2) is 26.7. The van der Waals surface area contributed by atoms with Crippen LogP contribution in [0.3, 0.4) is 0 Å². The first-order valence-electron chi connectivity index (χ1n) is 23.3. The molecule has 0 saturated carbocycles. The summed E-state index contributed by atoms with van der Waals surface area (Å²) < 4.78 is 128. The number of carbonyl (C=O) groups is 2. The lowest BCUT2D eigenvalue weighted by molar-refractivity contribution is -0.138. The van der Waals surface area contributed by atoms with Gasteiger partial charge >= 0.3 is 12.4 Å². The van der Waals surface area contributed by atoms with E-state index in [-0.39, 0.29) is 46.6 Å². The molecule has 17 nitrogen and oxygen atoms in total. The van der Waals surface area contributed by atoms with Crippen molar-refractivity contribution in [1.29, 1.82) is 0 Å². The summed E-state index contributed by atoms with van der Waals surface area (Å²) >= 11 is 0. The van der Waals surface area contributed by atoms with E-state index in [1.54, 1.807) is 65.6 Å². The van der Waals surface area contributed by atoms with Gasteiger partial charge in [0.1, 0.15) is 22.8 Å². The second-order valence-electron chi connectivity index (χ2n) is 16.0. The zero-order chi connectivity index (χ0) is 55.7. The number of hydrogen-bond acceptors (Lipinski definition) is 15. The van der Waals surface area contributed by atoms with E-state index in [2.05, 4.69) is 51.4 Å². The summed E-state index contributed by atoms with van der Waals surface area (Å²) in [5.41, 5.74) is 0.680. The number of nitrogens with zero attached hydrogens (tertiary/aromatic N) is 6. The molecule has 1 fully saturated rings. The summed E-state index contributed by atoms with van der Waals surface area (Å²) in [5, 5.41) is 13.4. The van der Waals surface area contributed by atoms with Crippen molar-refractivity contribution >= 4 is 66.4 Å². The van der Waals surface area contributed by atoms with E-state index < -0.39 is 54.8 Å². The van der Waals surface area contributed by atoms with Crippen molar-refractivity contribution < 1.29 is 52.8 Å². The normalized spacial score (nSPS) is 12.8. The highest BCUT2D eigenvalue weighted by Crippen LogP contribution is 2.36. The minimum absolute atomic E-state index is 0.0584. The first kappa shape index (κ1) is 60.2. The quantitative estimate of drug-likeness (QED) is 0.0642. The Labute approximate surface area is 432 Å². The SMILES string of the molecule is CC.CC.CN1CCN(C(=O)c2ccc(Nc3ncc(C(F)(F)F)c(NCc4cccc(S(C)(=O)=O)c4)n3)cc2)CC1.CNC(=O)c1ccc(Nc2ncc(C(F)(F)F)c(NCc3cccc(S(C)(=O)=O)c3)n2)cc1. The molecule has 404 valence electrons. The predicted molar refractivity (Wildman–Crippen MR) is 277 cm³/mol. The molecule has 0 radical (unpaired) electrons. The Kier molecular flexibility index (Phi) is 21.4. The minimum atomic E-state index is -4.71. The van der Waals surface area contributed by atoms with Gasteiger partial charge in [0.2, 0.25) is 11.9 Å². The van der Waals surface area contributed by atoms with Crippen LogP contribution in [0.2, 0.25) is 0 Å². The van der Waals surface area contributed by atoms with Crippen LogP contribution in [-0.2, 0) is 45.1 Å². The van der Waals surface area contributed by atoms with E-state index in [4.69, 9.17) is 0 Å². The van der Waals surface area contributed by atoms with E-state index in [0.29, 0.717) is 59.1 Å². The van der Waals surface area contributed by atoms with E-state index >= 15 is 0 Å². The third kappa shape index (κ3) is 17.9. The highest BCUT2D eigenvalue weighted by Gasteiger charge is 2.36. The molecule has 1 aliphatic heterocycles. The first-order chi connectivity index (χ1) is 35.4. The van der Waals surface area contributed by atoms with E-state index in [1.807, 2.05) is 34.7 Å². The molecule has 0 bridgehead atoms. The van der Waals surface area contributed by atoms with Crippen LogP contribution in [0.15, 0.2) is 119 Å². The maximum Gasteiger partial charge on any atom is 0.421 e. The summed E-state index contributed by atoms with van der Waals surface area (Å²) in [6.45, 7) is 10.7. The highest BCUT2D eigenvalue weighted by atomic mass is 32.2. The minimum Gasteiger partial charge on any atom is -0.365 e. The Hall–Kier alpha value is -7.38. The number of carbonyl (C=O) groups excluding carboxylic acids is 2. The molecule has 4 aromatic carbocycles. The Morgan fingerprint density at radius 1 is 0.587 bits per heavy atom. The Morgan fingerprint density at radius 3 is 1.33 bits per heavy atom. The number of aromatic nitrogens is 4. The summed E-state index contributed by atoms with van der Waals surface area (Å²) in [6.07, 6.45) is -5.98. The van der Waals surface area contributed by atoms with E-state index in [1.165, 1.54) is 43.4 Å². The Bertz CT molecular complexity index is 3090. The van der Waals surface area contributed by atoms with Gasteiger partial charge in [0.05, 0.1) is 9.79 Å². The van der Waals surface area contributed by atoms with Crippen LogP contribution in [0, 0.1) is 0 Å². The van der Waals surface area contributed by atoms with Gasteiger partial charge < -0.3 is 36.4 Å². The number of alkyl halides is 6. The molecule has 75 heavy (non-hydrogen) atoms. The van der Waals surface area contributed by atoms with Gasteiger partial charge in [-0.1, -0.05) is 52.0 Å². The van der Waals surface area contributed by atoms with Crippen LogP contribution in [0.1, 0.15) is 70.7 Å². The third-order valence-corrected chi connectivity index (χ3v) is 12.8. The van der Waals surface area contributed by atoms with Gasteiger partial charge in [-0.15, -0.1) is 0 Å². The van der Waals surface area contributed by atoms with Crippen molar-refractivity contribution in [3.8, 4) is 0 Å². The Morgan fingerprint density at radius 2 is 0.973 bits per heavy atom.